The Hall–Kier alpha value is -0.860. The van der Waals surface area contributed by atoms with Crippen molar-refractivity contribution >= 4 is 0 Å². The molecule has 0 saturated heterocycles. The highest BCUT2D eigenvalue weighted by Gasteiger charge is 2.17. The number of aliphatic hydroxyl groups excluding tert-OH is 1. The van der Waals surface area contributed by atoms with Crippen molar-refractivity contribution in [3.05, 3.63) is 35.4 Å². The molecule has 0 aromatic heterocycles. The van der Waals surface area contributed by atoms with Crippen molar-refractivity contribution < 1.29 is 5.11 Å². The zero-order valence-corrected chi connectivity index (χ0v) is 12.1. The van der Waals surface area contributed by atoms with E-state index in [2.05, 4.69) is 24.4 Å². The van der Waals surface area contributed by atoms with Gasteiger partial charge in [0.05, 0.1) is 6.61 Å². The predicted octanol–water partition coefficient (Wildman–Crippen LogP) is 3.28. The highest BCUT2D eigenvalue weighted by molar-refractivity contribution is 5.22. The Morgan fingerprint density at radius 1 is 1.16 bits per heavy atom. The van der Waals surface area contributed by atoms with Gasteiger partial charge in [0, 0.05) is 6.04 Å². The molecular formula is C17H27NO. The summed E-state index contributed by atoms with van der Waals surface area (Å²) in [6.07, 6.45) is 8.16. The van der Waals surface area contributed by atoms with Crippen LogP contribution in [0.25, 0.3) is 0 Å². The molecule has 2 heteroatoms. The molecule has 1 aromatic rings. The van der Waals surface area contributed by atoms with Gasteiger partial charge in [-0.2, -0.15) is 0 Å². The summed E-state index contributed by atoms with van der Waals surface area (Å²) in [5.41, 5.74) is 2.34. The van der Waals surface area contributed by atoms with Crippen molar-refractivity contribution in [2.75, 3.05) is 6.54 Å². The third-order valence-electron chi connectivity index (χ3n) is 4.27. The molecule has 1 saturated carbocycles. The number of rotatable bonds is 7. The van der Waals surface area contributed by atoms with Crippen LogP contribution >= 0.6 is 0 Å². The van der Waals surface area contributed by atoms with Gasteiger partial charge in [0.15, 0.2) is 0 Å². The Labute approximate surface area is 117 Å². The van der Waals surface area contributed by atoms with E-state index in [4.69, 9.17) is 5.11 Å². The van der Waals surface area contributed by atoms with Crippen LogP contribution in [-0.4, -0.2) is 17.7 Å². The second-order valence-corrected chi connectivity index (χ2v) is 5.97. The van der Waals surface area contributed by atoms with E-state index in [0.717, 1.165) is 24.4 Å². The maximum Gasteiger partial charge on any atom is 0.0681 e. The Balaban J connectivity index is 1.64. The summed E-state index contributed by atoms with van der Waals surface area (Å²) in [5, 5.41) is 12.6. The average molecular weight is 261 g/mol. The minimum absolute atomic E-state index is 0.136. The van der Waals surface area contributed by atoms with E-state index in [9.17, 15) is 0 Å². The monoisotopic (exact) mass is 261 g/mol. The molecule has 1 unspecified atom stereocenters. The maximum absolute atomic E-state index is 9.00. The summed E-state index contributed by atoms with van der Waals surface area (Å²) >= 11 is 0. The molecule has 0 heterocycles. The molecule has 19 heavy (non-hydrogen) atoms. The predicted molar refractivity (Wildman–Crippen MR) is 80.1 cm³/mol. The number of hydrogen-bond acceptors (Lipinski definition) is 2. The standard InChI is InChI=1S/C17H27NO/c1-14(12-16-4-2-3-5-16)18-11-10-15-6-8-17(13-19)9-7-15/h6-9,14,16,18-19H,2-5,10-13H2,1H3. The van der Waals surface area contributed by atoms with Gasteiger partial charge in [0.25, 0.3) is 0 Å². The smallest absolute Gasteiger partial charge is 0.0681 e. The molecule has 0 aliphatic heterocycles. The highest BCUT2D eigenvalue weighted by atomic mass is 16.3. The molecule has 106 valence electrons. The topological polar surface area (TPSA) is 32.3 Å². The Bertz CT molecular complexity index is 354. The van der Waals surface area contributed by atoms with E-state index in [-0.39, 0.29) is 6.61 Å². The van der Waals surface area contributed by atoms with Crippen LogP contribution in [0.15, 0.2) is 24.3 Å². The fourth-order valence-electron chi connectivity index (χ4n) is 3.10. The molecule has 1 atom stereocenters. The first-order chi connectivity index (χ1) is 9.28. The fourth-order valence-corrected chi connectivity index (χ4v) is 3.10. The van der Waals surface area contributed by atoms with Crippen LogP contribution in [0.1, 0.15) is 50.2 Å². The van der Waals surface area contributed by atoms with Crippen LogP contribution in [0.4, 0.5) is 0 Å². The summed E-state index contributed by atoms with van der Waals surface area (Å²) in [5.74, 6) is 0.964. The highest BCUT2D eigenvalue weighted by Crippen LogP contribution is 2.28. The third kappa shape index (κ3) is 4.96. The van der Waals surface area contributed by atoms with Crippen molar-refractivity contribution in [2.24, 2.45) is 5.92 Å². The van der Waals surface area contributed by atoms with E-state index < -0.39 is 0 Å². The van der Waals surface area contributed by atoms with E-state index in [1.165, 1.54) is 37.7 Å². The molecule has 2 N–H and O–H groups in total. The van der Waals surface area contributed by atoms with Gasteiger partial charge in [-0.1, -0.05) is 49.9 Å². The molecule has 1 fully saturated rings. The largest absolute Gasteiger partial charge is 0.392 e. The Morgan fingerprint density at radius 2 is 1.79 bits per heavy atom. The van der Waals surface area contributed by atoms with Gasteiger partial charge in [0.1, 0.15) is 0 Å². The molecule has 0 spiro atoms. The summed E-state index contributed by atoms with van der Waals surface area (Å²) in [6.45, 7) is 3.50. The lowest BCUT2D eigenvalue weighted by Crippen LogP contribution is -2.29. The van der Waals surface area contributed by atoms with Crippen molar-refractivity contribution in [3.63, 3.8) is 0 Å². The van der Waals surface area contributed by atoms with Crippen LogP contribution in [0.5, 0.6) is 0 Å². The molecule has 2 rings (SSSR count). The van der Waals surface area contributed by atoms with E-state index in [1.54, 1.807) is 0 Å². The third-order valence-corrected chi connectivity index (χ3v) is 4.27. The molecular weight excluding hydrogens is 234 g/mol. The molecule has 1 aliphatic carbocycles. The van der Waals surface area contributed by atoms with Crippen LogP contribution in [0, 0.1) is 5.92 Å². The van der Waals surface area contributed by atoms with Gasteiger partial charge in [-0.15, -0.1) is 0 Å². The van der Waals surface area contributed by atoms with Gasteiger partial charge in [-0.25, -0.2) is 0 Å². The lowest BCUT2D eigenvalue weighted by atomic mass is 9.99. The summed E-state index contributed by atoms with van der Waals surface area (Å²) in [4.78, 5) is 0. The van der Waals surface area contributed by atoms with Crippen molar-refractivity contribution in [1.29, 1.82) is 0 Å². The Kier molecular flexibility index (Phi) is 5.87. The van der Waals surface area contributed by atoms with E-state index >= 15 is 0 Å². The zero-order chi connectivity index (χ0) is 13.5. The molecule has 2 nitrogen and oxygen atoms in total. The average Bonchev–Trinajstić information content (AvgIpc) is 2.92. The number of aliphatic hydroxyl groups is 1. The van der Waals surface area contributed by atoms with E-state index in [1.807, 2.05) is 12.1 Å². The molecule has 1 aliphatic rings. The van der Waals surface area contributed by atoms with Gasteiger partial charge >= 0.3 is 0 Å². The minimum Gasteiger partial charge on any atom is -0.392 e. The van der Waals surface area contributed by atoms with Crippen LogP contribution in [-0.2, 0) is 13.0 Å². The van der Waals surface area contributed by atoms with Crippen LogP contribution in [0.2, 0.25) is 0 Å². The molecule has 1 aromatic carbocycles. The van der Waals surface area contributed by atoms with Gasteiger partial charge < -0.3 is 10.4 Å². The fraction of sp³-hybridized carbons (Fsp3) is 0.647. The first-order valence-corrected chi connectivity index (χ1v) is 7.70. The lowest BCUT2D eigenvalue weighted by molar-refractivity contribution is 0.282. The SMILES string of the molecule is CC(CC1CCCC1)NCCc1ccc(CO)cc1. The van der Waals surface area contributed by atoms with Crippen LogP contribution < -0.4 is 5.32 Å². The first-order valence-electron chi connectivity index (χ1n) is 7.70. The number of nitrogens with one attached hydrogen (secondary N) is 1. The summed E-state index contributed by atoms with van der Waals surface area (Å²) < 4.78 is 0. The van der Waals surface area contributed by atoms with Crippen molar-refractivity contribution in [3.8, 4) is 0 Å². The molecule has 0 amide bonds. The molecule has 0 radical (unpaired) electrons. The van der Waals surface area contributed by atoms with Gasteiger partial charge in [-0.05, 0) is 43.4 Å². The second-order valence-electron chi connectivity index (χ2n) is 5.97. The lowest BCUT2D eigenvalue weighted by Gasteiger charge is -2.17. The first kappa shape index (κ1) is 14.5. The zero-order valence-electron chi connectivity index (χ0n) is 12.1. The second kappa shape index (κ2) is 7.66. The Morgan fingerprint density at radius 3 is 2.42 bits per heavy atom. The minimum atomic E-state index is 0.136. The van der Waals surface area contributed by atoms with Crippen LogP contribution in [0.3, 0.4) is 0 Å². The summed E-state index contributed by atoms with van der Waals surface area (Å²) in [7, 11) is 0. The van der Waals surface area contributed by atoms with Gasteiger partial charge in [-0.3, -0.25) is 0 Å². The van der Waals surface area contributed by atoms with Crippen molar-refractivity contribution in [1.82, 2.24) is 5.32 Å². The molecule has 0 bridgehead atoms. The van der Waals surface area contributed by atoms with Crippen molar-refractivity contribution in [2.45, 2.75) is 58.1 Å². The number of benzene rings is 1. The maximum atomic E-state index is 9.00. The quantitative estimate of drug-likeness (QED) is 0.789. The van der Waals surface area contributed by atoms with Gasteiger partial charge in [0.2, 0.25) is 0 Å². The normalized spacial score (nSPS) is 17.8. The summed E-state index contributed by atoms with van der Waals surface area (Å²) in [6, 6.07) is 8.90. The van der Waals surface area contributed by atoms with E-state index in [0.29, 0.717) is 6.04 Å². The number of hydrogen-bond donors (Lipinski definition) is 2.